The third-order valence-corrected chi connectivity index (χ3v) is 7.51. The first-order chi connectivity index (χ1) is 14.4. The SMILES string of the molecule is CCN(CC)Cc1ccc(CNC(=O)c2ccc(S(=O)(=O)N3CCCC3)cc2)cc1. The first-order valence-corrected chi connectivity index (χ1v) is 12.1. The highest BCUT2D eigenvalue weighted by Crippen LogP contribution is 2.21. The van der Waals surface area contributed by atoms with Gasteiger partial charge in [-0.05, 0) is 61.3 Å². The molecule has 1 aliphatic heterocycles. The summed E-state index contributed by atoms with van der Waals surface area (Å²) < 4.78 is 26.7. The molecule has 30 heavy (non-hydrogen) atoms. The number of sulfonamides is 1. The van der Waals surface area contributed by atoms with Crippen LogP contribution in [-0.4, -0.2) is 49.7 Å². The molecule has 6 nitrogen and oxygen atoms in total. The van der Waals surface area contributed by atoms with Crippen LogP contribution in [0.15, 0.2) is 53.4 Å². The molecule has 0 saturated carbocycles. The van der Waals surface area contributed by atoms with Crippen molar-refractivity contribution in [3.8, 4) is 0 Å². The molecule has 162 valence electrons. The molecule has 1 fully saturated rings. The number of carbonyl (C=O) groups excluding carboxylic acids is 1. The van der Waals surface area contributed by atoms with E-state index in [9.17, 15) is 13.2 Å². The van der Waals surface area contributed by atoms with Gasteiger partial charge in [0.2, 0.25) is 10.0 Å². The Morgan fingerprint density at radius 3 is 2.07 bits per heavy atom. The second kappa shape index (κ2) is 10.2. The van der Waals surface area contributed by atoms with Gasteiger partial charge in [0.1, 0.15) is 0 Å². The van der Waals surface area contributed by atoms with Crippen molar-refractivity contribution >= 4 is 15.9 Å². The molecule has 1 heterocycles. The van der Waals surface area contributed by atoms with Gasteiger partial charge in [0, 0.05) is 31.7 Å². The van der Waals surface area contributed by atoms with Crippen LogP contribution in [0.5, 0.6) is 0 Å². The predicted octanol–water partition coefficient (Wildman–Crippen LogP) is 3.24. The molecule has 1 saturated heterocycles. The van der Waals surface area contributed by atoms with Crippen molar-refractivity contribution in [1.29, 1.82) is 0 Å². The Bertz CT molecular complexity index is 931. The maximum absolute atomic E-state index is 12.6. The van der Waals surface area contributed by atoms with Gasteiger partial charge in [-0.1, -0.05) is 38.1 Å². The number of hydrogen-bond acceptors (Lipinski definition) is 4. The third-order valence-electron chi connectivity index (χ3n) is 5.60. The van der Waals surface area contributed by atoms with Crippen LogP contribution < -0.4 is 5.32 Å². The lowest BCUT2D eigenvalue weighted by atomic mass is 10.1. The number of hydrogen-bond donors (Lipinski definition) is 1. The van der Waals surface area contributed by atoms with Gasteiger partial charge in [0.25, 0.3) is 5.91 Å². The van der Waals surface area contributed by atoms with Crippen LogP contribution in [0.2, 0.25) is 0 Å². The number of nitrogens with one attached hydrogen (secondary N) is 1. The van der Waals surface area contributed by atoms with Crippen LogP contribution in [-0.2, 0) is 23.1 Å². The van der Waals surface area contributed by atoms with Gasteiger partial charge >= 0.3 is 0 Å². The second-order valence-corrected chi connectivity index (χ2v) is 9.53. The quantitative estimate of drug-likeness (QED) is 0.664. The van der Waals surface area contributed by atoms with E-state index in [1.54, 1.807) is 12.1 Å². The van der Waals surface area contributed by atoms with Crippen LogP contribution in [0.1, 0.15) is 48.2 Å². The first-order valence-electron chi connectivity index (χ1n) is 10.6. The maximum Gasteiger partial charge on any atom is 0.251 e. The summed E-state index contributed by atoms with van der Waals surface area (Å²) in [6.45, 7) is 8.84. The molecule has 0 atom stereocenters. The van der Waals surface area contributed by atoms with E-state index in [1.807, 2.05) is 12.1 Å². The van der Waals surface area contributed by atoms with Crippen molar-refractivity contribution in [1.82, 2.24) is 14.5 Å². The normalized spacial score (nSPS) is 14.9. The lowest BCUT2D eigenvalue weighted by molar-refractivity contribution is 0.0951. The first kappa shape index (κ1) is 22.5. The molecule has 1 N–H and O–H groups in total. The molecule has 3 rings (SSSR count). The molecule has 7 heteroatoms. The Morgan fingerprint density at radius 2 is 1.50 bits per heavy atom. The Labute approximate surface area is 179 Å². The summed E-state index contributed by atoms with van der Waals surface area (Å²) in [5, 5.41) is 2.90. The molecule has 1 aliphatic rings. The molecule has 0 aliphatic carbocycles. The monoisotopic (exact) mass is 429 g/mol. The van der Waals surface area contributed by atoms with E-state index in [0.717, 1.165) is 38.0 Å². The lowest BCUT2D eigenvalue weighted by Crippen LogP contribution is -2.28. The number of rotatable bonds is 9. The van der Waals surface area contributed by atoms with E-state index >= 15 is 0 Å². The maximum atomic E-state index is 12.6. The summed E-state index contributed by atoms with van der Waals surface area (Å²) in [6, 6.07) is 14.4. The van der Waals surface area contributed by atoms with Gasteiger partial charge in [-0.15, -0.1) is 0 Å². The van der Waals surface area contributed by atoms with Crippen LogP contribution in [0.3, 0.4) is 0 Å². The van der Waals surface area contributed by atoms with Crippen LogP contribution in [0, 0.1) is 0 Å². The fourth-order valence-electron chi connectivity index (χ4n) is 3.61. The Hall–Kier alpha value is -2.22. The van der Waals surface area contributed by atoms with E-state index < -0.39 is 10.0 Å². The summed E-state index contributed by atoms with van der Waals surface area (Å²) in [7, 11) is -3.46. The predicted molar refractivity (Wildman–Crippen MR) is 119 cm³/mol. The Morgan fingerprint density at radius 1 is 0.933 bits per heavy atom. The highest BCUT2D eigenvalue weighted by Gasteiger charge is 2.27. The molecule has 1 amide bonds. The summed E-state index contributed by atoms with van der Waals surface area (Å²) in [6.07, 6.45) is 1.80. The van der Waals surface area contributed by atoms with E-state index in [-0.39, 0.29) is 10.8 Å². The number of carbonyl (C=O) groups is 1. The van der Waals surface area contributed by atoms with E-state index in [0.29, 0.717) is 25.2 Å². The average Bonchev–Trinajstić information content (AvgIpc) is 3.32. The van der Waals surface area contributed by atoms with Crippen molar-refractivity contribution < 1.29 is 13.2 Å². The molecule has 0 aromatic heterocycles. The third kappa shape index (κ3) is 5.47. The molecular weight excluding hydrogens is 398 g/mol. The highest BCUT2D eigenvalue weighted by atomic mass is 32.2. The summed E-state index contributed by atoms with van der Waals surface area (Å²) >= 11 is 0. The van der Waals surface area contributed by atoms with Gasteiger partial charge in [0.15, 0.2) is 0 Å². The highest BCUT2D eigenvalue weighted by molar-refractivity contribution is 7.89. The Kier molecular flexibility index (Phi) is 7.64. The zero-order valence-electron chi connectivity index (χ0n) is 17.8. The zero-order chi connectivity index (χ0) is 21.6. The van der Waals surface area contributed by atoms with Crippen molar-refractivity contribution in [2.75, 3.05) is 26.2 Å². The minimum atomic E-state index is -3.46. The molecule has 0 unspecified atom stereocenters. The number of amides is 1. The van der Waals surface area contributed by atoms with E-state index in [1.165, 1.54) is 22.0 Å². The Balaban J connectivity index is 1.56. The van der Waals surface area contributed by atoms with Crippen molar-refractivity contribution in [2.24, 2.45) is 0 Å². The smallest absolute Gasteiger partial charge is 0.251 e. The van der Waals surface area contributed by atoms with Crippen molar-refractivity contribution in [2.45, 2.75) is 44.7 Å². The fraction of sp³-hybridized carbons (Fsp3) is 0.435. The fourth-order valence-corrected chi connectivity index (χ4v) is 5.13. The molecule has 2 aromatic rings. The van der Waals surface area contributed by atoms with Crippen LogP contribution in [0.25, 0.3) is 0 Å². The number of nitrogens with zero attached hydrogens (tertiary/aromatic N) is 2. The zero-order valence-corrected chi connectivity index (χ0v) is 18.6. The summed E-state index contributed by atoms with van der Waals surface area (Å²) in [5.41, 5.74) is 2.73. The average molecular weight is 430 g/mol. The van der Waals surface area contributed by atoms with Gasteiger partial charge < -0.3 is 5.32 Å². The molecule has 0 radical (unpaired) electrons. The van der Waals surface area contributed by atoms with Gasteiger partial charge in [0.05, 0.1) is 4.90 Å². The van der Waals surface area contributed by atoms with Gasteiger partial charge in [-0.3, -0.25) is 9.69 Å². The van der Waals surface area contributed by atoms with Crippen molar-refractivity contribution in [3.63, 3.8) is 0 Å². The standard InChI is InChI=1S/C23H31N3O3S/c1-3-25(4-2)18-20-9-7-19(8-10-20)17-24-23(27)21-11-13-22(14-12-21)30(28,29)26-15-5-6-16-26/h7-14H,3-6,15-18H2,1-2H3,(H,24,27). The van der Waals surface area contributed by atoms with E-state index in [4.69, 9.17) is 0 Å². The van der Waals surface area contributed by atoms with Gasteiger partial charge in [-0.25, -0.2) is 8.42 Å². The van der Waals surface area contributed by atoms with Gasteiger partial charge in [-0.2, -0.15) is 4.31 Å². The molecule has 0 bridgehead atoms. The second-order valence-electron chi connectivity index (χ2n) is 7.60. The van der Waals surface area contributed by atoms with Crippen LogP contribution in [0.4, 0.5) is 0 Å². The molecular formula is C23H31N3O3S. The molecule has 0 spiro atoms. The van der Waals surface area contributed by atoms with Crippen LogP contribution >= 0.6 is 0 Å². The topological polar surface area (TPSA) is 69.7 Å². The largest absolute Gasteiger partial charge is 0.348 e. The number of benzene rings is 2. The summed E-state index contributed by atoms with van der Waals surface area (Å²) in [5.74, 6) is -0.215. The minimum absolute atomic E-state index is 0.215. The van der Waals surface area contributed by atoms with E-state index in [2.05, 4.69) is 36.2 Å². The molecule has 2 aromatic carbocycles. The van der Waals surface area contributed by atoms with Crippen molar-refractivity contribution in [3.05, 3.63) is 65.2 Å². The lowest BCUT2D eigenvalue weighted by Gasteiger charge is -2.18. The summed E-state index contributed by atoms with van der Waals surface area (Å²) in [4.78, 5) is 15.0. The minimum Gasteiger partial charge on any atom is -0.348 e.